The Hall–Kier alpha value is -4.34. The molecule has 4 aliphatic rings. The maximum atomic E-state index is 12.1. The second-order valence-electron chi connectivity index (χ2n) is 21.6. The van der Waals surface area contributed by atoms with Crippen molar-refractivity contribution in [1.29, 1.82) is 0 Å². The molecule has 9 nitrogen and oxygen atoms in total. The summed E-state index contributed by atoms with van der Waals surface area (Å²) in [6, 6.07) is 25.6. The SMILES string of the molecule is CCOC(=O)C1CCN(Cc2cccc3ccc(OC4CCC(C(C)(C)C)CC4)cc23)CC1.CCOC(=O)C1CCNCC1.COc1cccc2ccc(OC3CCC(C(C)(C)C)CC3)cc12. The van der Waals surface area contributed by atoms with Crippen LogP contribution in [-0.2, 0) is 25.6 Å². The lowest BCUT2D eigenvalue weighted by molar-refractivity contribution is -0.150. The molecule has 8 rings (SSSR count). The lowest BCUT2D eigenvalue weighted by atomic mass is 9.72. The van der Waals surface area contributed by atoms with Crippen LogP contribution >= 0.6 is 0 Å². The number of hydrogen-bond acceptors (Lipinski definition) is 9. The molecule has 0 atom stereocenters. The Kier molecular flexibility index (Phi) is 19.3. The van der Waals surface area contributed by atoms with Crippen LogP contribution in [0.5, 0.6) is 17.2 Å². The number of piperidine rings is 2. The molecule has 2 aliphatic heterocycles. The van der Waals surface area contributed by atoms with E-state index in [1.165, 1.54) is 47.4 Å². The van der Waals surface area contributed by atoms with E-state index in [4.69, 9.17) is 23.7 Å². The van der Waals surface area contributed by atoms with Crippen LogP contribution in [0.25, 0.3) is 21.5 Å². The van der Waals surface area contributed by atoms with Crippen LogP contribution < -0.4 is 19.5 Å². The third-order valence-corrected chi connectivity index (χ3v) is 14.9. The van der Waals surface area contributed by atoms with Crippen LogP contribution in [0.1, 0.15) is 138 Å². The third kappa shape index (κ3) is 15.3. The van der Waals surface area contributed by atoms with Gasteiger partial charge in [0.05, 0.1) is 44.4 Å². The predicted molar refractivity (Wildman–Crippen MR) is 273 cm³/mol. The van der Waals surface area contributed by atoms with Gasteiger partial charge in [0.15, 0.2) is 0 Å². The average molecular weight is 921 g/mol. The highest BCUT2D eigenvalue weighted by molar-refractivity contribution is 5.89. The van der Waals surface area contributed by atoms with E-state index in [9.17, 15) is 9.59 Å². The number of nitrogens with one attached hydrogen (secondary N) is 1. The van der Waals surface area contributed by atoms with E-state index in [0.717, 1.165) is 119 Å². The fourth-order valence-corrected chi connectivity index (χ4v) is 10.6. The molecule has 1 N–H and O–H groups in total. The summed E-state index contributed by atoms with van der Waals surface area (Å²) in [6.45, 7) is 23.5. The van der Waals surface area contributed by atoms with Crippen molar-refractivity contribution < 1.29 is 33.3 Å². The fraction of sp³-hybridized carbons (Fsp3) is 0.621. The number of fused-ring (bicyclic) bond motifs is 2. The fourth-order valence-electron chi connectivity index (χ4n) is 10.6. The summed E-state index contributed by atoms with van der Waals surface area (Å²) in [5.41, 5.74) is 2.15. The minimum Gasteiger partial charge on any atom is -0.496 e. The van der Waals surface area contributed by atoms with Crippen molar-refractivity contribution in [2.24, 2.45) is 34.5 Å². The second kappa shape index (κ2) is 24.8. The van der Waals surface area contributed by atoms with Crippen LogP contribution in [-0.4, -0.2) is 75.5 Å². The molecule has 67 heavy (non-hydrogen) atoms. The summed E-state index contributed by atoms with van der Waals surface area (Å²) in [7, 11) is 1.72. The monoisotopic (exact) mass is 921 g/mol. The summed E-state index contributed by atoms with van der Waals surface area (Å²) in [5.74, 6) is 4.64. The Morgan fingerprint density at radius 3 is 1.52 bits per heavy atom. The van der Waals surface area contributed by atoms with Gasteiger partial charge in [0.1, 0.15) is 17.2 Å². The van der Waals surface area contributed by atoms with Crippen LogP contribution in [0.3, 0.4) is 0 Å². The van der Waals surface area contributed by atoms with Crippen molar-refractivity contribution in [2.75, 3.05) is 46.5 Å². The van der Waals surface area contributed by atoms with E-state index in [1.54, 1.807) is 7.11 Å². The van der Waals surface area contributed by atoms with E-state index in [-0.39, 0.29) is 23.8 Å². The standard InChI is InChI=1S/C29H41NO3.C21H28O2.C8H15NO2/c1-5-32-28(31)22-15-17-30(18-16-22)20-23-8-6-7-21-9-12-26(19-27(21)23)33-25-13-10-24(11-14-25)29(2,3)4;1-21(2,3)16-9-12-17(13-10-16)23-18-11-8-15-6-5-7-20(22-4)19(15)14-18;1-2-11-8(10)7-3-5-9-6-4-7/h6-9,12,19,22,24-25H,5,10-11,13-18,20H2,1-4H3;5-8,11,14,16-17H,9-10,12-13H2,1-4H3;7,9H,2-6H2,1H3. The van der Waals surface area contributed by atoms with E-state index < -0.39 is 0 Å². The summed E-state index contributed by atoms with van der Waals surface area (Å²) < 4.78 is 28.3. The number of carbonyl (C=O) groups excluding carboxylic acids is 2. The van der Waals surface area contributed by atoms with Gasteiger partial charge in [0, 0.05) is 11.9 Å². The van der Waals surface area contributed by atoms with Crippen LogP contribution in [0.2, 0.25) is 0 Å². The molecule has 2 saturated carbocycles. The lowest BCUT2D eigenvalue weighted by Gasteiger charge is -2.37. The highest BCUT2D eigenvalue weighted by atomic mass is 16.5. The van der Waals surface area contributed by atoms with Crippen LogP contribution in [0, 0.1) is 34.5 Å². The lowest BCUT2D eigenvalue weighted by Crippen LogP contribution is -2.36. The topological polar surface area (TPSA) is 95.6 Å². The molecule has 4 aromatic carbocycles. The first-order chi connectivity index (χ1) is 32.1. The smallest absolute Gasteiger partial charge is 0.309 e. The number of likely N-dealkylation sites (tertiary alicyclic amines) is 1. The summed E-state index contributed by atoms with van der Waals surface area (Å²) >= 11 is 0. The molecular weight excluding hydrogens is 837 g/mol. The van der Waals surface area contributed by atoms with Crippen molar-refractivity contribution in [3.05, 3.63) is 78.4 Å². The molecule has 4 fully saturated rings. The predicted octanol–water partition coefficient (Wildman–Crippen LogP) is 13.0. The molecule has 4 aromatic rings. The Morgan fingerprint density at radius 2 is 1.04 bits per heavy atom. The average Bonchev–Trinajstić information content (AvgIpc) is 3.32. The molecule has 2 aliphatic carbocycles. The van der Waals surface area contributed by atoms with E-state index >= 15 is 0 Å². The number of benzene rings is 4. The zero-order valence-corrected chi connectivity index (χ0v) is 42.6. The zero-order chi connectivity index (χ0) is 48.0. The number of hydrogen-bond donors (Lipinski definition) is 1. The van der Waals surface area contributed by atoms with Gasteiger partial charge in [-0.2, -0.15) is 0 Å². The highest BCUT2D eigenvalue weighted by Crippen LogP contribution is 2.41. The van der Waals surface area contributed by atoms with Crippen molar-refractivity contribution in [3.63, 3.8) is 0 Å². The molecule has 2 heterocycles. The first kappa shape index (κ1) is 52.0. The largest absolute Gasteiger partial charge is 0.496 e. The van der Waals surface area contributed by atoms with Crippen LogP contribution in [0.4, 0.5) is 0 Å². The van der Waals surface area contributed by atoms with Gasteiger partial charge in [0.2, 0.25) is 0 Å². The number of esters is 2. The van der Waals surface area contributed by atoms with E-state index in [2.05, 4.69) is 112 Å². The molecule has 0 radical (unpaired) electrons. The zero-order valence-electron chi connectivity index (χ0n) is 42.6. The molecule has 0 bridgehead atoms. The van der Waals surface area contributed by atoms with Crippen molar-refractivity contribution in [2.45, 2.75) is 151 Å². The number of carbonyl (C=O) groups is 2. The van der Waals surface area contributed by atoms with Crippen molar-refractivity contribution >= 4 is 33.5 Å². The molecule has 0 amide bonds. The van der Waals surface area contributed by atoms with Crippen molar-refractivity contribution in [3.8, 4) is 17.2 Å². The van der Waals surface area contributed by atoms with Gasteiger partial charge < -0.3 is 29.0 Å². The summed E-state index contributed by atoms with van der Waals surface area (Å²) in [4.78, 5) is 25.7. The maximum absolute atomic E-state index is 12.1. The maximum Gasteiger partial charge on any atom is 0.309 e. The third-order valence-electron chi connectivity index (χ3n) is 14.9. The Labute approximate surface area is 403 Å². The van der Waals surface area contributed by atoms with Gasteiger partial charge in [-0.15, -0.1) is 0 Å². The van der Waals surface area contributed by atoms with Gasteiger partial charge in [0.25, 0.3) is 0 Å². The molecule has 9 heteroatoms. The highest BCUT2D eigenvalue weighted by Gasteiger charge is 2.32. The Balaban J connectivity index is 0.000000188. The van der Waals surface area contributed by atoms with E-state index in [0.29, 0.717) is 36.3 Å². The quantitative estimate of drug-likeness (QED) is 0.148. The van der Waals surface area contributed by atoms with Gasteiger partial charge in [-0.25, -0.2) is 0 Å². The van der Waals surface area contributed by atoms with Crippen molar-refractivity contribution in [1.82, 2.24) is 10.2 Å². The number of nitrogens with zero attached hydrogens (tertiary/aromatic N) is 1. The van der Waals surface area contributed by atoms with Gasteiger partial charge in [-0.1, -0.05) is 84.0 Å². The van der Waals surface area contributed by atoms with Crippen LogP contribution in [0.15, 0.2) is 72.8 Å². The molecule has 0 spiro atoms. The molecule has 368 valence electrons. The molecule has 2 saturated heterocycles. The number of methoxy groups -OCH3 is 1. The molecule has 0 aromatic heterocycles. The summed E-state index contributed by atoms with van der Waals surface area (Å²) in [6.07, 6.45) is 14.0. The molecular formula is C58H84N2O7. The Bertz CT molecular complexity index is 2140. The minimum atomic E-state index is -0.0272. The van der Waals surface area contributed by atoms with Gasteiger partial charge in [-0.3, -0.25) is 14.5 Å². The minimum absolute atomic E-state index is 0.0194. The van der Waals surface area contributed by atoms with E-state index in [1.807, 2.05) is 26.0 Å². The number of ether oxygens (including phenoxy) is 5. The first-order valence-electron chi connectivity index (χ1n) is 25.8. The Morgan fingerprint density at radius 1 is 0.582 bits per heavy atom. The van der Waals surface area contributed by atoms with Gasteiger partial charge >= 0.3 is 11.9 Å². The van der Waals surface area contributed by atoms with Gasteiger partial charge in [-0.05, 0) is 192 Å². The second-order valence-corrected chi connectivity index (χ2v) is 21.6. The molecule has 0 unspecified atom stereocenters. The normalized spacial score (nSPS) is 22.1. The number of rotatable bonds is 11. The first-order valence-corrected chi connectivity index (χ1v) is 25.8. The summed E-state index contributed by atoms with van der Waals surface area (Å²) in [5, 5.41) is 8.06.